The van der Waals surface area contributed by atoms with E-state index in [0.717, 1.165) is 29.1 Å². The molecule has 0 aliphatic carbocycles. The fraction of sp³-hybridized carbons (Fsp3) is 0.600. The standard InChI is InChI=1S/C10H16BrN5S/c1-2-7-5-16(3-4-17-7)10-8(11)9(15-12)13-6-14-10/h6-7H,2-5,12H2,1H3,(H,13,14,15). The minimum absolute atomic E-state index is 0.626. The van der Waals surface area contributed by atoms with Gasteiger partial charge in [-0.1, -0.05) is 6.92 Å². The van der Waals surface area contributed by atoms with Crippen LogP contribution in [0.4, 0.5) is 11.6 Å². The van der Waals surface area contributed by atoms with Crippen molar-refractivity contribution in [2.45, 2.75) is 18.6 Å². The third kappa shape index (κ3) is 2.83. The van der Waals surface area contributed by atoms with Crippen molar-refractivity contribution in [1.29, 1.82) is 0 Å². The number of thioether (sulfide) groups is 1. The number of hydrogen-bond donors (Lipinski definition) is 2. The molecule has 1 aliphatic heterocycles. The number of hydrazine groups is 1. The second-order valence-electron chi connectivity index (χ2n) is 3.85. The first-order valence-electron chi connectivity index (χ1n) is 5.60. The van der Waals surface area contributed by atoms with Crippen LogP contribution in [0.25, 0.3) is 0 Å². The average molecular weight is 318 g/mol. The van der Waals surface area contributed by atoms with E-state index in [1.54, 1.807) is 0 Å². The first kappa shape index (κ1) is 12.9. The fourth-order valence-corrected chi connectivity index (χ4v) is 3.59. The van der Waals surface area contributed by atoms with Gasteiger partial charge in [0, 0.05) is 24.1 Å². The average Bonchev–Trinajstić information content (AvgIpc) is 2.39. The van der Waals surface area contributed by atoms with Gasteiger partial charge in [0.05, 0.1) is 0 Å². The summed E-state index contributed by atoms with van der Waals surface area (Å²) in [5.74, 6) is 8.10. The first-order chi connectivity index (χ1) is 8.26. The Morgan fingerprint density at radius 2 is 2.47 bits per heavy atom. The quantitative estimate of drug-likeness (QED) is 0.655. The van der Waals surface area contributed by atoms with Crippen LogP contribution in [0, 0.1) is 0 Å². The maximum absolute atomic E-state index is 5.41. The monoisotopic (exact) mass is 317 g/mol. The molecular weight excluding hydrogens is 302 g/mol. The van der Waals surface area contributed by atoms with Crippen molar-refractivity contribution in [2.75, 3.05) is 29.2 Å². The van der Waals surface area contributed by atoms with Crippen LogP contribution in [0.3, 0.4) is 0 Å². The fourth-order valence-electron chi connectivity index (χ4n) is 1.84. The number of nitrogens with one attached hydrogen (secondary N) is 1. The van der Waals surface area contributed by atoms with Crippen LogP contribution < -0.4 is 16.2 Å². The Bertz CT molecular complexity index is 389. The van der Waals surface area contributed by atoms with Gasteiger partial charge in [-0.2, -0.15) is 11.8 Å². The molecule has 5 nitrogen and oxygen atoms in total. The topological polar surface area (TPSA) is 67.1 Å². The van der Waals surface area contributed by atoms with E-state index >= 15 is 0 Å². The lowest BCUT2D eigenvalue weighted by atomic mass is 10.3. The zero-order valence-electron chi connectivity index (χ0n) is 9.69. The van der Waals surface area contributed by atoms with E-state index in [1.165, 1.54) is 12.7 Å². The van der Waals surface area contributed by atoms with Crippen molar-refractivity contribution in [3.05, 3.63) is 10.8 Å². The minimum atomic E-state index is 0.626. The summed E-state index contributed by atoms with van der Waals surface area (Å²) >= 11 is 5.54. The molecule has 17 heavy (non-hydrogen) atoms. The normalized spacial score (nSPS) is 20.4. The van der Waals surface area contributed by atoms with E-state index < -0.39 is 0 Å². The summed E-state index contributed by atoms with van der Waals surface area (Å²) in [6.07, 6.45) is 2.73. The van der Waals surface area contributed by atoms with Gasteiger partial charge in [-0.05, 0) is 22.4 Å². The molecule has 1 aromatic heterocycles. The van der Waals surface area contributed by atoms with Crippen molar-refractivity contribution in [3.63, 3.8) is 0 Å². The van der Waals surface area contributed by atoms with E-state index in [-0.39, 0.29) is 0 Å². The lowest BCUT2D eigenvalue weighted by Crippen LogP contribution is -2.38. The molecule has 1 unspecified atom stereocenters. The lowest BCUT2D eigenvalue weighted by Gasteiger charge is -2.33. The number of halogens is 1. The number of hydrogen-bond acceptors (Lipinski definition) is 6. The van der Waals surface area contributed by atoms with E-state index in [9.17, 15) is 0 Å². The molecule has 1 aromatic rings. The Morgan fingerprint density at radius 3 is 3.18 bits per heavy atom. The second-order valence-corrected chi connectivity index (χ2v) is 6.05. The van der Waals surface area contributed by atoms with Gasteiger partial charge in [0.15, 0.2) is 5.82 Å². The maximum atomic E-state index is 5.41. The summed E-state index contributed by atoms with van der Waals surface area (Å²) in [6.45, 7) is 4.27. The molecule has 1 aliphatic rings. The Kier molecular flexibility index (Phi) is 4.47. The number of anilines is 2. The molecule has 2 rings (SSSR count). The minimum Gasteiger partial charge on any atom is -0.354 e. The summed E-state index contributed by atoms with van der Waals surface area (Å²) in [6, 6.07) is 0. The molecule has 0 spiro atoms. The lowest BCUT2D eigenvalue weighted by molar-refractivity contribution is 0.717. The molecule has 94 valence electrons. The van der Waals surface area contributed by atoms with Crippen molar-refractivity contribution in [2.24, 2.45) is 5.84 Å². The zero-order valence-corrected chi connectivity index (χ0v) is 12.1. The Labute approximate surface area is 114 Å². The Morgan fingerprint density at radius 1 is 1.65 bits per heavy atom. The van der Waals surface area contributed by atoms with Crippen molar-refractivity contribution >= 4 is 39.3 Å². The van der Waals surface area contributed by atoms with E-state index in [0.29, 0.717) is 11.1 Å². The van der Waals surface area contributed by atoms with Gasteiger partial charge < -0.3 is 10.3 Å². The van der Waals surface area contributed by atoms with Gasteiger partial charge in [-0.15, -0.1) is 0 Å². The SMILES string of the molecule is CCC1CN(c2ncnc(NN)c2Br)CCS1. The summed E-state index contributed by atoms with van der Waals surface area (Å²) in [4.78, 5) is 10.7. The van der Waals surface area contributed by atoms with Crippen LogP contribution in [0.5, 0.6) is 0 Å². The van der Waals surface area contributed by atoms with Crippen LogP contribution in [-0.2, 0) is 0 Å². The molecular formula is C10H16BrN5S. The summed E-state index contributed by atoms with van der Waals surface area (Å²) in [5.41, 5.74) is 2.57. The van der Waals surface area contributed by atoms with Crippen LogP contribution in [0.15, 0.2) is 10.8 Å². The first-order valence-corrected chi connectivity index (χ1v) is 7.44. The molecule has 3 N–H and O–H groups in total. The van der Waals surface area contributed by atoms with Crippen LogP contribution in [0.2, 0.25) is 0 Å². The van der Waals surface area contributed by atoms with Crippen LogP contribution >= 0.6 is 27.7 Å². The van der Waals surface area contributed by atoms with Gasteiger partial charge in [-0.25, -0.2) is 15.8 Å². The number of rotatable bonds is 3. The predicted molar refractivity (Wildman–Crippen MR) is 76.3 cm³/mol. The smallest absolute Gasteiger partial charge is 0.159 e. The third-order valence-electron chi connectivity index (χ3n) is 2.80. The van der Waals surface area contributed by atoms with Crippen molar-refractivity contribution < 1.29 is 0 Å². The Hall–Kier alpha value is -0.530. The molecule has 0 radical (unpaired) electrons. The maximum Gasteiger partial charge on any atom is 0.159 e. The zero-order chi connectivity index (χ0) is 12.3. The number of nitrogens with two attached hydrogens (primary N) is 1. The summed E-state index contributed by atoms with van der Waals surface area (Å²) < 4.78 is 0.837. The van der Waals surface area contributed by atoms with Gasteiger partial charge in [0.2, 0.25) is 0 Å². The Balaban J connectivity index is 2.21. The summed E-state index contributed by atoms with van der Waals surface area (Å²) in [7, 11) is 0. The van der Waals surface area contributed by atoms with E-state index in [1.807, 2.05) is 11.8 Å². The number of nitrogens with zero attached hydrogens (tertiary/aromatic N) is 3. The highest BCUT2D eigenvalue weighted by atomic mass is 79.9. The highest BCUT2D eigenvalue weighted by molar-refractivity contribution is 9.10. The molecule has 1 atom stereocenters. The van der Waals surface area contributed by atoms with Gasteiger partial charge in [0.1, 0.15) is 16.6 Å². The van der Waals surface area contributed by atoms with Gasteiger partial charge in [0.25, 0.3) is 0 Å². The molecule has 0 amide bonds. The molecule has 0 saturated carbocycles. The highest BCUT2D eigenvalue weighted by Crippen LogP contribution is 2.32. The molecule has 7 heteroatoms. The molecule has 2 heterocycles. The highest BCUT2D eigenvalue weighted by Gasteiger charge is 2.22. The van der Waals surface area contributed by atoms with E-state index in [2.05, 4.69) is 43.1 Å². The largest absolute Gasteiger partial charge is 0.354 e. The van der Waals surface area contributed by atoms with Crippen LogP contribution in [0.1, 0.15) is 13.3 Å². The number of aromatic nitrogens is 2. The predicted octanol–water partition coefficient (Wildman–Crippen LogP) is 1.86. The van der Waals surface area contributed by atoms with E-state index in [4.69, 9.17) is 5.84 Å². The summed E-state index contributed by atoms with van der Waals surface area (Å²) in [5, 5.41) is 0.680. The van der Waals surface area contributed by atoms with Crippen molar-refractivity contribution in [3.8, 4) is 0 Å². The van der Waals surface area contributed by atoms with Crippen molar-refractivity contribution in [1.82, 2.24) is 9.97 Å². The molecule has 1 fully saturated rings. The van der Waals surface area contributed by atoms with Gasteiger partial charge in [-0.3, -0.25) is 0 Å². The molecule has 0 aromatic carbocycles. The third-order valence-corrected chi connectivity index (χ3v) is 4.90. The number of nitrogen functional groups attached to an aromatic ring is 1. The molecule has 0 bridgehead atoms. The molecule has 1 saturated heterocycles. The second kappa shape index (κ2) is 5.88. The van der Waals surface area contributed by atoms with Gasteiger partial charge >= 0.3 is 0 Å². The van der Waals surface area contributed by atoms with Crippen LogP contribution in [-0.4, -0.2) is 34.1 Å².